The first-order chi connectivity index (χ1) is 10.5. The third-order valence-electron chi connectivity index (χ3n) is 2.92. The molecule has 22 heavy (non-hydrogen) atoms. The van der Waals surface area contributed by atoms with Crippen LogP contribution in [0.3, 0.4) is 0 Å². The second-order valence-corrected chi connectivity index (χ2v) is 5.29. The molecular weight excluding hydrogens is 350 g/mol. The zero-order chi connectivity index (χ0) is 16.1. The minimum absolute atomic E-state index is 0.0399. The molecule has 114 valence electrons. The van der Waals surface area contributed by atoms with Crippen LogP contribution < -0.4 is 15.7 Å². The van der Waals surface area contributed by atoms with E-state index < -0.39 is 5.91 Å². The summed E-state index contributed by atoms with van der Waals surface area (Å²) in [6, 6.07) is 8.45. The van der Waals surface area contributed by atoms with Crippen LogP contribution in [0.5, 0.6) is 5.75 Å². The second-order valence-electron chi connectivity index (χ2n) is 4.43. The summed E-state index contributed by atoms with van der Waals surface area (Å²) in [7, 11) is 3.16. The summed E-state index contributed by atoms with van der Waals surface area (Å²) >= 11 is 3.36. The Hall–Kier alpha value is -2.41. The summed E-state index contributed by atoms with van der Waals surface area (Å²) in [4.78, 5) is 23.7. The van der Waals surface area contributed by atoms with Gasteiger partial charge in [-0.3, -0.25) is 9.59 Å². The molecule has 0 spiro atoms. The van der Waals surface area contributed by atoms with Gasteiger partial charge in [-0.1, -0.05) is 0 Å². The van der Waals surface area contributed by atoms with Gasteiger partial charge in [-0.15, -0.1) is 0 Å². The van der Waals surface area contributed by atoms with Gasteiger partial charge < -0.3 is 9.30 Å². The van der Waals surface area contributed by atoms with Gasteiger partial charge in [0, 0.05) is 13.2 Å². The number of nitrogens with zero attached hydrogens (tertiary/aromatic N) is 2. The van der Waals surface area contributed by atoms with Crippen LogP contribution in [0.1, 0.15) is 15.9 Å². The largest absolute Gasteiger partial charge is 0.496 e. The van der Waals surface area contributed by atoms with Crippen molar-refractivity contribution in [2.75, 3.05) is 7.11 Å². The summed E-state index contributed by atoms with van der Waals surface area (Å²) in [5.74, 6) is 0.152. The molecule has 0 aliphatic heterocycles. The topological polar surface area (TPSA) is 72.7 Å². The van der Waals surface area contributed by atoms with Crippen LogP contribution in [-0.2, 0) is 7.05 Å². The first-order valence-corrected chi connectivity index (χ1v) is 7.15. The summed E-state index contributed by atoms with van der Waals surface area (Å²) in [5, 5.41) is 3.85. The van der Waals surface area contributed by atoms with Gasteiger partial charge in [0.2, 0.25) is 0 Å². The SMILES string of the molecule is COc1ccc(/C=N\NC(=O)c2cccn(C)c2=O)cc1Br. The summed E-state index contributed by atoms with van der Waals surface area (Å²) < 4.78 is 7.24. The van der Waals surface area contributed by atoms with E-state index in [1.54, 1.807) is 44.6 Å². The number of rotatable bonds is 4. The van der Waals surface area contributed by atoms with Gasteiger partial charge in [0.25, 0.3) is 11.5 Å². The van der Waals surface area contributed by atoms with E-state index in [0.717, 1.165) is 10.0 Å². The van der Waals surface area contributed by atoms with E-state index in [1.165, 1.54) is 16.8 Å². The molecule has 0 radical (unpaired) electrons. The fourth-order valence-electron chi connectivity index (χ4n) is 1.76. The van der Waals surface area contributed by atoms with E-state index in [-0.39, 0.29) is 11.1 Å². The number of halogens is 1. The molecule has 0 fully saturated rings. The molecular formula is C15H14BrN3O3. The van der Waals surface area contributed by atoms with Gasteiger partial charge in [-0.2, -0.15) is 5.10 Å². The molecule has 0 atom stereocenters. The number of aryl methyl sites for hydroxylation is 1. The molecule has 1 aromatic carbocycles. The lowest BCUT2D eigenvalue weighted by atomic mass is 10.2. The predicted octanol–water partition coefficient (Wildman–Crippen LogP) is 1.92. The number of hydrogen-bond acceptors (Lipinski definition) is 4. The van der Waals surface area contributed by atoms with E-state index >= 15 is 0 Å². The zero-order valence-corrected chi connectivity index (χ0v) is 13.6. The Morgan fingerprint density at radius 2 is 2.18 bits per heavy atom. The van der Waals surface area contributed by atoms with Crippen LogP contribution in [0.4, 0.5) is 0 Å². The molecule has 2 rings (SSSR count). The quantitative estimate of drug-likeness (QED) is 0.666. The van der Waals surface area contributed by atoms with Crippen LogP contribution in [0.2, 0.25) is 0 Å². The normalized spacial score (nSPS) is 10.7. The monoisotopic (exact) mass is 363 g/mol. The molecule has 0 saturated carbocycles. The number of carbonyl (C=O) groups excluding carboxylic acids is 1. The lowest BCUT2D eigenvalue weighted by Crippen LogP contribution is -2.29. The first-order valence-electron chi connectivity index (χ1n) is 6.35. The number of amides is 1. The van der Waals surface area contributed by atoms with Crippen molar-refractivity contribution in [2.24, 2.45) is 12.1 Å². The number of carbonyl (C=O) groups is 1. The Bertz CT molecular complexity index is 784. The van der Waals surface area contributed by atoms with E-state index in [2.05, 4.69) is 26.5 Å². The van der Waals surface area contributed by atoms with Gasteiger partial charge in [0.15, 0.2) is 0 Å². The number of hydrazone groups is 1. The molecule has 0 aliphatic carbocycles. The second kappa shape index (κ2) is 7.04. The lowest BCUT2D eigenvalue weighted by Gasteiger charge is -2.03. The highest BCUT2D eigenvalue weighted by Crippen LogP contribution is 2.24. The molecule has 0 aliphatic rings. The molecule has 0 saturated heterocycles. The number of hydrogen-bond donors (Lipinski definition) is 1. The third-order valence-corrected chi connectivity index (χ3v) is 3.54. The van der Waals surface area contributed by atoms with E-state index in [4.69, 9.17) is 4.74 Å². The molecule has 1 aromatic heterocycles. The summed E-state index contributed by atoms with van der Waals surface area (Å²) in [5.41, 5.74) is 2.77. The van der Waals surface area contributed by atoms with Crippen molar-refractivity contribution < 1.29 is 9.53 Å². The number of ether oxygens (including phenoxy) is 1. The Morgan fingerprint density at radius 1 is 1.41 bits per heavy atom. The third kappa shape index (κ3) is 3.62. The van der Waals surface area contributed by atoms with E-state index in [9.17, 15) is 9.59 Å². The maximum atomic E-state index is 11.9. The zero-order valence-electron chi connectivity index (χ0n) is 12.0. The fraction of sp³-hybridized carbons (Fsp3) is 0.133. The molecule has 0 unspecified atom stereocenters. The van der Waals surface area contributed by atoms with Gasteiger partial charge in [-0.05, 0) is 51.8 Å². The lowest BCUT2D eigenvalue weighted by molar-refractivity contribution is 0.0953. The fourth-order valence-corrected chi connectivity index (χ4v) is 2.32. The van der Waals surface area contributed by atoms with Crippen molar-refractivity contribution >= 4 is 28.1 Å². The number of benzene rings is 1. The molecule has 1 amide bonds. The van der Waals surface area contributed by atoms with E-state index in [1.807, 2.05) is 0 Å². The Balaban J connectivity index is 2.09. The van der Waals surface area contributed by atoms with Gasteiger partial charge >= 0.3 is 0 Å². The Labute approximate surface area is 135 Å². The van der Waals surface area contributed by atoms with E-state index in [0.29, 0.717) is 5.75 Å². The summed E-state index contributed by atoms with van der Waals surface area (Å²) in [6.07, 6.45) is 3.06. The maximum Gasteiger partial charge on any atom is 0.276 e. The minimum atomic E-state index is -0.551. The molecule has 2 aromatic rings. The predicted molar refractivity (Wildman–Crippen MR) is 87.4 cm³/mol. The van der Waals surface area contributed by atoms with Crippen LogP contribution in [-0.4, -0.2) is 23.8 Å². The van der Waals surface area contributed by atoms with Gasteiger partial charge in [0.1, 0.15) is 11.3 Å². The highest BCUT2D eigenvalue weighted by atomic mass is 79.9. The average molecular weight is 364 g/mol. The highest BCUT2D eigenvalue weighted by Gasteiger charge is 2.09. The Kier molecular flexibility index (Phi) is 5.11. The van der Waals surface area contributed by atoms with Crippen molar-refractivity contribution in [1.82, 2.24) is 9.99 Å². The van der Waals surface area contributed by atoms with Crippen molar-refractivity contribution in [3.63, 3.8) is 0 Å². The average Bonchev–Trinajstić information content (AvgIpc) is 2.50. The number of nitrogens with one attached hydrogen (secondary N) is 1. The van der Waals surface area contributed by atoms with Crippen LogP contribution >= 0.6 is 15.9 Å². The molecule has 1 N–H and O–H groups in total. The van der Waals surface area contributed by atoms with Crippen molar-refractivity contribution in [3.8, 4) is 5.75 Å². The van der Waals surface area contributed by atoms with Gasteiger partial charge in [0.05, 0.1) is 17.8 Å². The van der Waals surface area contributed by atoms with Crippen LogP contribution in [0.25, 0.3) is 0 Å². The van der Waals surface area contributed by atoms with Crippen molar-refractivity contribution in [2.45, 2.75) is 0 Å². The smallest absolute Gasteiger partial charge is 0.276 e. The van der Waals surface area contributed by atoms with Crippen molar-refractivity contribution in [3.05, 3.63) is 62.5 Å². The van der Waals surface area contributed by atoms with Gasteiger partial charge in [-0.25, -0.2) is 5.43 Å². The standard InChI is InChI=1S/C15H14BrN3O3/c1-19-7-3-4-11(15(19)21)14(20)18-17-9-10-5-6-13(22-2)12(16)8-10/h3-9H,1-2H3,(H,18,20)/b17-9-. The van der Waals surface area contributed by atoms with Crippen molar-refractivity contribution in [1.29, 1.82) is 0 Å². The number of pyridine rings is 1. The number of methoxy groups -OCH3 is 1. The number of aromatic nitrogens is 1. The Morgan fingerprint density at radius 3 is 2.86 bits per heavy atom. The summed E-state index contributed by atoms with van der Waals surface area (Å²) in [6.45, 7) is 0. The highest BCUT2D eigenvalue weighted by molar-refractivity contribution is 9.10. The molecule has 1 heterocycles. The molecule has 0 bridgehead atoms. The van der Waals surface area contributed by atoms with Crippen LogP contribution in [0.15, 0.2) is 50.9 Å². The molecule has 7 heteroatoms. The minimum Gasteiger partial charge on any atom is -0.496 e. The molecule has 6 nitrogen and oxygen atoms in total. The maximum absolute atomic E-state index is 11.9. The first kappa shape index (κ1) is 16.0. The van der Waals surface area contributed by atoms with Crippen LogP contribution in [0, 0.1) is 0 Å².